The molecular formula is C15H17N3. The maximum atomic E-state index is 3.96. The van der Waals surface area contributed by atoms with Crippen molar-refractivity contribution in [2.75, 3.05) is 5.32 Å². The van der Waals surface area contributed by atoms with Gasteiger partial charge in [-0.05, 0) is 30.0 Å². The van der Waals surface area contributed by atoms with Crippen molar-refractivity contribution in [3.8, 4) is 0 Å². The van der Waals surface area contributed by atoms with Gasteiger partial charge in [0.05, 0.1) is 0 Å². The fourth-order valence-corrected chi connectivity index (χ4v) is 1.99. The highest BCUT2D eigenvalue weighted by Crippen LogP contribution is 2.26. The Bertz CT molecular complexity index is 527. The molecule has 0 saturated carbocycles. The zero-order chi connectivity index (χ0) is 13.0. The Balaban J connectivity index is 2.21. The van der Waals surface area contributed by atoms with Crippen LogP contribution in [0.2, 0.25) is 0 Å². The maximum absolute atomic E-state index is 3.96. The van der Waals surface area contributed by atoms with E-state index in [1.165, 1.54) is 11.1 Å². The van der Waals surface area contributed by atoms with Gasteiger partial charge in [-0.1, -0.05) is 25.3 Å². The molecule has 0 fully saturated rings. The third-order valence-electron chi connectivity index (χ3n) is 2.87. The zero-order valence-electron chi connectivity index (χ0n) is 10.4. The van der Waals surface area contributed by atoms with E-state index in [2.05, 4.69) is 47.6 Å². The molecule has 1 heterocycles. The summed E-state index contributed by atoms with van der Waals surface area (Å²) in [6.07, 6.45) is 4.29. The molecule has 0 aliphatic carbocycles. The van der Waals surface area contributed by atoms with Gasteiger partial charge in [0.1, 0.15) is 0 Å². The van der Waals surface area contributed by atoms with Crippen LogP contribution in [0.5, 0.6) is 0 Å². The van der Waals surface area contributed by atoms with Crippen molar-refractivity contribution < 1.29 is 0 Å². The normalized spacial score (nSPS) is 13.9. The molecular weight excluding hydrogens is 222 g/mol. The van der Waals surface area contributed by atoms with Gasteiger partial charge in [-0.15, -0.1) is 0 Å². The van der Waals surface area contributed by atoms with Crippen LogP contribution < -0.4 is 10.6 Å². The predicted molar refractivity (Wildman–Crippen MR) is 77.6 cm³/mol. The first-order valence-corrected chi connectivity index (χ1v) is 5.81. The van der Waals surface area contributed by atoms with Gasteiger partial charge in [0.2, 0.25) is 0 Å². The Kier molecular flexibility index (Phi) is 3.63. The van der Waals surface area contributed by atoms with Gasteiger partial charge < -0.3 is 10.6 Å². The van der Waals surface area contributed by atoms with E-state index in [-0.39, 0.29) is 0 Å². The molecule has 1 aromatic rings. The van der Waals surface area contributed by atoms with E-state index in [0.29, 0.717) is 0 Å². The van der Waals surface area contributed by atoms with E-state index in [1.54, 1.807) is 12.3 Å². The van der Waals surface area contributed by atoms with Gasteiger partial charge in [-0.2, -0.15) is 0 Å². The van der Waals surface area contributed by atoms with E-state index in [9.17, 15) is 0 Å². The van der Waals surface area contributed by atoms with Crippen molar-refractivity contribution in [3.05, 3.63) is 66.2 Å². The number of aliphatic imine (C=N–C) groups is 1. The van der Waals surface area contributed by atoms with Crippen molar-refractivity contribution in [2.24, 2.45) is 4.99 Å². The third-order valence-corrected chi connectivity index (χ3v) is 2.87. The molecule has 0 unspecified atom stereocenters. The number of hydrogen-bond acceptors (Lipinski definition) is 3. The fourth-order valence-electron chi connectivity index (χ4n) is 1.99. The summed E-state index contributed by atoms with van der Waals surface area (Å²) in [4.78, 5) is 3.66. The molecule has 2 N–H and O–H groups in total. The molecule has 0 aromatic heterocycles. The summed E-state index contributed by atoms with van der Waals surface area (Å²) >= 11 is 0. The molecule has 0 amide bonds. The van der Waals surface area contributed by atoms with Crippen LogP contribution in [0.1, 0.15) is 11.1 Å². The molecule has 1 aliphatic rings. The quantitative estimate of drug-likeness (QED) is 0.626. The zero-order valence-corrected chi connectivity index (χ0v) is 10.4. The van der Waals surface area contributed by atoms with Gasteiger partial charge in [-0.3, -0.25) is 4.99 Å². The van der Waals surface area contributed by atoms with Crippen LogP contribution in [0.15, 0.2) is 60.0 Å². The Morgan fingerprint density at radius 2 is 2.28 bits per heavy atom. The number of benzene rings is 1. The van der Waals surface area contributed by atoms with Crippen LogP contribution in [0.25, 0.3) is 0 Å². The Morgan fingerprint density at radius 3 is 3.06 bits per heavy atom. The molecule has 3 nitrogen and oxygen atoms in total. The highest BCUT2D eigenvalue weighted by atomic mass is 14.9. The highest BCUT2D eigenvalue weighted by Gasteiger charge is 2.14. The number of rotatable bonds is 4. The minimum Gasteiger partial charge on any atom is -0.384 e. The molecule has 1 aliphatic heterocycles. The number of allylic oxidation sites excluding steroid dienone is 2. The molecule has 3 heteroatoms. The standard InChI is InChI=1S/C15H17N3/c1-11(7-8-16-3)18-15-6-4-5-13-9-12(2)17-10-14(13)15/h4-8,17-18H,1-3,9-10H2/b8-7-. The van der Waals surface area contributed by atoms with Gasteiger partial charge in [0.25, 0.3) is 0 Å². The molecule has 0 saturated heterocycles. The summed E-state index contributed by atoms with van der Waals surface area (Å²) in [5.74, 6) is 0. The number of nitrogens with one attached hydrogen (secondary N) is 2. The second-order valence-corrected chi connectivity index (χ2v) is 4.23. The van der Waals surface area contributed by atoms with Gasteiger partial charge in [0.15, 0.2) is 0 Å². The summed E-state index contributed by atoms with van der Waals surface area (Å²) < 4.78 is 0. The second-order valence-electron chi connectivity index (χ2n) is 4.23. The second kappa shape index (κ2) is 5.36. The molecule has 2 rings (SSSR count). The minimum absolute atomic E-state index is 0.792. The lowest BCUT2D eigenvalue weighted by molar-refractivity contribution is 0.740. The number of anilines is 1. The van der Waals surface area contributed by atoms with Crippen molar-refractivity contribution >= 4 is 12.4 Å². The lowest BCUT2D eigenvalue weighted by Crippen LogP contribution is -2.22. The molecule has 0 atom stereocenters. The van der Waals surface area contributed by atoms with E-state index in [4.69, 9.17) is 0 Å². The van der Waals surface area contributed by atoms with Crippen LogP contribution >= 0.6 is 0 Å². The average molecular weight is 239 g/mol. The Hall–Kier alpha value is -2.29. The van der Waals surface area contributed by atoms with Crippen LogP contribution in [0, 0.1) is 0 Å². The summed E-state index contributed by atoms with van der Waals surface area (Å²) in [7, 11) is 0. The largest absolute Gasteiger partial charge is 0.384 e. The van der Waals surface area contributed by atoms with Crippen LogP contribution in [-0.2, 0) is 13.0 Å². The van der Waals surface area contributed by atoms with E-state index in [1.807, 2.05) is 6.07 Å². The van der Waals surface area contributed by atoms with Crippen molar-refractivity contribution in [3.63, 3.8) is 0 Å². The van der Waals surface area contributed by atoms with Gasteiger partial charge in [-0.25, -0.2) is 0 Å². The van der Waals surface area contributed by atoms with Crippen molar-refractivity contribution in [1.29, 1.82) is 0 Å². The molecule has 0 radical (unpaired) electrons. The lowest BCUT2D eigenvalue weighted by atomic mass is 9.97. The summed E-state index contributed by atoms with van der Waals surface area (Å²) in [5.41, 5.74) is 5.51. The van der Waals surface area contributed by atoms with Crippen molar-refractivity contribution in [2.45, 2.75) is 13.0 Å². The number of hydrogen-bond donors (Lipinski definition) is 2. The van der Waals surface area contributed by atoms with E-state index < -0.39 is 0 Å². The third kappa shape index (κ3) is 2.69. The molecule has 92 valence electrons. The maximum Gasteiger partial charge on any atom is 0.0437 e. The monoisotopic (exact) mass is 239 g/mol. The summed E-state index contributed by atoms with van der Waals surface area (Å²) in [6.45, 7) is 12.1. The predicted octanol–water partition coefficient (Wildman–Crippen LogP) is 2.99. The first-order chi connectivity index (χ1) is 8.70. The number of fused-ring (bicyclic) bond motifs is 1. The average Bonchev–Trinajstić information content (AvgIpc) is 2.36. The molecule has 1 aromatic carbocycles. The topological polar surface area (TPSA) is 36.4 Å². The van der Waals surface area contributed by atoms with Crippen molar-refractivity contribution in [1.82, 2.24) is 5.32 Å². The minimum atomic E-state index is 0.792. The van der Waals surface area contributed by atoms with Gasteiger partial charge >= 0.3 is 0 Å². The SMILES string of the molecule is C=N/C=C\C(=C)Nc1cccc2c1CNC(=C)C2. The van der Waals surface area contributed by atoms with Gasteiger partial charge in [0, 0.05) is 36.2 Å². The Labute approximate surface area is 108 Å². The highest BCUT2D eigenvalue weighted by molar-refractivity contribution is 5.60. The fraction of sp³-hybridized carbons (Fsp3) is 0.133. The van der Waals surface area contributed by atoms with E-state index in [0.717, 1.165) is 30.0 Å². The van der Waals surface area contributed by atoms with Crippen LogP contribution in [0.3, 0.4) is 0 Å². The summed E-state index contributed by atoms with van der Waals surface area (Å²) in [6, 6.07) is 6.23. The van der Waals surface area contributed by atoms with Crippen LogP contribution in [0.4, 0.5) is 5.69 Å². The number of nitrogens with zero attached hydrogens (tertiary/aromatic N) is 1. The molecule has 0 bridgehead atoms. The molecule has 0 spiro atoms. The Morgan fingerprint density at radius 1 is 1.44 bits per heavy atom. The first-order valence-electron chi connectivity index (χ1n) is 5.81. The smallest absolute Gasteiger partial charge is 0.0437 e. The van der Waals surface area contributed by atoms with E-state index >= 15 is 0 Å². The summed E-state index contributed by atoms with van der Waals surface area (Å²) in [5, 5.41) is 6.57. The molecule has 18 heavy (non-hydrogen) atoms. The first kappa shape index (κ1) is 12.2. The lowest BCUT2D eigenvalue weighted by Gasteiger charge is -2.23. The van der Waals surface area contributed by atoms with Crippen LogP contribution in [-0.4, -0.2) is 6.72 Å².